The van der Waals surface area contributed by atoms with Crippen LogP contribution in [-0.4, -0.2) is 56.6 Å². The maximum absolute atomic E-state index is 11.8. The molecule has 2 aliphatic rings. The summed E-state index contributed by atoms with van der Waals surface area (Å²) in [6, 6.07) is -1.22. The van der Waals surface area contributed by atoms with E-state index in [1.165, 1.54) is 22.4 Å². The first-order valence-corrected chi connectivity index (χ1v) is 7.04. The highest BCUT2D eigenvalue weighted by Crippen LogP contribution is 2.28. The Kier molecular flexibility index (Phi) is 3.14. The number of piperidine rings is 1. The molecule has 1 aromatic heterocycles. The van der Waals surface area contributed by atoms with E-state index >= 15 is 0 Å². The van der Waals surface area contributed by atoms with Crippen LogP contribution in [-0.2, 0) is 0 Å². The first kappa shape index (κ1) is 13.0. The van der Waals surface area contributed by atoms with Crippen molar-refractivity contribution < 1.29 is 14.8 Å². The minimum Gasteiger partial charge on any atom is -0.311 e. The summed E-state index contributed by atoms with van der Waals surface area (Å²) in [7, 11) is 0. The van der Waals surface area contributed by atoms with E-state index in [1.807, 2.05) is 0 Å². The molecule has 0 spiro atoms. The van der Waals surface area contributed by atoms with Crippen LogP contribution in [0.15, 0.2) is 11.6 Å². The van der Waals surface area contributed by atoms with Crippen LogP contribution in [0.25, 0.3) is 0 Å². The number of thiazole rings is 1. The number of urea groups is 1. The van der Waals surface area contributed by atoms with Crippen LogP contribution in [0.4, 0.5) is 4.79 Å². The molecule has 106 valence electrons. The summed E-state index contributed by atoms with van der Waals surface area (Å²) in [5.74, 6) is -0.480. The lowest BCUT2D eigenvalue weighted by molar-refractivity contribution is -0.0583. The van der Waals surface area contributed by atoms with Crippen molar-refractivity contribution in [1.29, 1.82) is 5.41 Å². The van der Waals surface area contributed by atoms with Gasteiger partial charge in [-0.15, -0.1) is 11.3 Å². The zero-order valence-electron chi connectivity index (χ0n) is 10.4. The van der Waals surface area contributed by atoms with Crippen LogP contribution in [0.2, 0.25) is 0 Å². The molecule has 1 aromatic rings. The first-order valence-electron chi connectivity index (χ1n) is 6.16. The molecule has 0 radical (unpaired) electrons. The van der Waals surface area contributed by atoms with Gasteiger partial charge >= 0.3 is 6.03 Å². The molecule has 3 amide bonds. The van der Waals surface area contributed by atoms with Gasteiger partial charge < -0.3 is 10.2 Å². The van der Waals surface area contributed by atoms with Crippen molar-refractivity contribution in [3.8, 4) is 0 Å². The third-order valence-electron chi connectivity index (χ3n) is 3.55. The zero-order valence-corrected chi connectivity index (χ0v) is 11.3. The number of nitrogens with zero attached hydrogens (tertiary/aromatic N) is 3. The average molecular weight is 295 g/mol. The molecule has 3 N–H and O–H groups in total. The number of hydrogen-bond donors (Lipinski definition) is 3. The number of rotatable bonds is 2. The number of fused-ring (bicyclic) bond motifs is 2. The Hall–Kier alpha value is -2.00. The highest BCUT2D eigenvalue weighted by Gasteiger charge is 2.45. The topological polar surface area (TPSA) is 110 Å². The number of carbonyl (C=O) groups excluding carboxylic acids is 2. The lowest BCUT2D eigenvalue weighted by Gasteiger charge is -2.30. The van der Waals surface area contributed by atoms with Crippen LogP contribution in [0.5, 0.6) is 0 Å². The van der Waals surface area contributed by atoms with Gasteiger partial charge in [0.15, 0.2) is 5.01 Å². The van der Waals surface area contributed by atoms with Gasteiger partial charge in [0.25, 0.3) is 5.91 Å². The van der Waals surface area contributed by atoms with Crippen LogP contribution < -0.4 is 5.32 Å². The fourth-order valence-electron chi connectivity index (χ4n) is 2.55. The van der Waals surface area contributed by atoms with Crippen molar-refractivity contribution in [2.24, 2.45) is 0 Å². The lowest BCUT2D eigenvalue weighted by atomic mass is 10.00. The summed E-state index contributed by atoms with van der Waals surface area (Å²) in [6.45, 7) is 0.384. The van der Waals surface area contributed by atoms with E-state index in [2.05, 4.69) is 10.3 Å². The van der Waals surface area contributed by atoms with Crippen molar-refractivity contribution in [2.75, 3.05) is 6.54 Å². The summed E-state index contributed by atoms with van der Waals surface area (Å²) in [5, 5.41) is 22.7. The van der Waals surface area contributed by atoms with Crippen molar-refractivity contribution >= 4 is 29.1 Å². The Morgan fingerprint density at radius 2 is 2.35 bits per heavy atom. The minimum absolute atomic E-state index is 0.0349. The van der Waals surface area contributed by atoms with E-state index < -0.39 is 18.0 Å². The number of amidine groups is 1. The van der Waals surface area contributed by atoms with Gasteiger partial charge in [-0.3, -0.25) is 15.4 Å². The normalized spacial score (nSPS) is 24.9. The highest BCUT2D eigenvalue weighted by molar-refractivity contribution is 7.11. The zero-order chi connectivity index (χ0) is 14.3. The molecular formula is C11H13N5O3S. The smallest absolute Gasteiger partial charge is 0.311 e. The van der Waals surface area contributed by atoms with Crippen molar-refractivity contribution in [3.63, 3.8) is 0 Å². The second-order valence-corrected chi connectivity index (χ2v) is 5.63. The predicted molar refractivity (Wildman–Crippen MR) is 69.8 cm³/mol. The second kappa shape index (κ2) is 4.84. The molecule has 3 rings (SSSR count). The number of aromatic nitrogens is 1. The van der Waals surface area contributed by atoms with Gasteiger partial charge in [-0.2, -0.15) is 0 Å². The Morgan fingerprint density at radius 3 is 3.05 bits per heavy atom. The molecule has 2 fully saturated rings. The van der Waals surface area contributed by atoms with Crippen molar-refractivity contribution in [3.05, 3.63) is 16.6 Å². The second-order valence-electron chi connectivity index (χ2n) is 4.73. The summed E-state index contributed by atoms with van der Waals surface area (Å²) in [6.07, 6.45) is 2.67. The molecule has 2 saturated heterocycles. The van der Waals surface area contributed by atoms with Gasteiger partial charge in [-0.1, -0.05) is 0 Å². The van der Waals surface area contributed by atoms with Crippen LogP contribution >= 0.6 is 11.3 Å². The summed E-state index contributed by atoms with van der Waals surface area (Å²) < 4.78 is 0. The van der Waals surface area contributed by atoms with Crippen LogP contribution in [0.3, 0.4) is 0 Å². The standard InChI is InChI=1S/C11H13N5O3S/c12-8(14-9(17)10-13-3-4-20-10)7-2-1-6-5-15(7)11(18)16(6)19/h3-4,6-7,19H,1-2,5H2,(H2,12,14,17)/t6-,7+/m1/s1. The molecule has 3 heterocycles. The van der Waals surface area contributed by atoms with E-state index in [9.17, 15) is 14.8 Å². The van der Waals surface area contributed by atoms with Gasteiger partial charge in [-0.05, 0) is 12.8 Å². The monoisotopic (exact) mass is 295 g/mol. The predicted octanol–water partition coefficient (Wildman–Crippen LogP) is 0.508. The molecule has 0 unspecified atom stereocenters. The number of hydroxylamine groups is 2. The van der Waals surface area contributed by atoms with E-state index in [0.717, 1.165) is 5.06 Å². The molecule has 2 aliphatic heterocycles. The molecule has 0 aliphatic carbocycles. The van der Waals surface area contributed by atoms with Gasteiger partial charge in [0.2, 0.25) is 0 Å². The van der Waals surface area contributed by atoms with E-state index in [4.69, 9.17) is 5.41 Å². The average Bonchev–Trinajstić information content (AvgIpc) is 3.04. The van der Waals surface area contributed by atoms with Crippen molar-refractivity contribution in [2.45, 2.75) is 24.9 Å². The molecule has 8 nitrogen and oxygen atoms in total. The Bertz CT molecular complexity index is 560. The van der Waals surface area contributed by atoms with E-state index in [1.54, 1.807) is 5.38 Å². The number of amides is 3. The fourth-order valence-corrected chi connectivity index (χ4v) is 3.08. The Labute approximate surface area is 118 Å². The molecule has 20 heavy (non-hydrogen) atoms. The maximum Gasteiger partial charge on any atom is 0.344 e. The molecular weight excluding hydrogens is 282 g/mol. The van der Waals surface area contributed by atoms with Crippen LogP contribution in [0, 0.1) is 5.41 Å². The third-order valence-corrected chi connectivity index (χ3v) is 4.32. The largest absolute Gasteiger partial charge is 0.344 e. The lowest BCUT2D eigenvalue weighted by Crippen LogP contribution is -2.50. The molecule has 9 heteroatoms. The van der Waals surface area contributed by atoms with E-state index in [0.29, 0.717) is 19.4 Å². The maximum atomic E-state index is 11.8. The molecule has 2 atom stereocenters. The third kappa shape index (κ3) is 2.04. The van der Waals surface area contributed by atoms with Gasteiger partial charge in [0.05, 0.1) is 12.1 Å². The summed E-state index contributed by atoms with van der Waals surface area (Å²) in [5.41, 5.74) is 0. The summed E-state index contributed by atoms with van der Waals surface area (Å²) in [4.78, 5) is 28.9. The van der Waals surface area contributed by atoms with E-state index in [-0.39, 0.29) is 16.9 Å². The SMILES string of the molecule is N=C(NC(=O)c1nccs1)[C@@H]1CC[C@@H]2CN1C(=O)N2O. The van der Waals surface area contributed by atoms with Gasteiger partial charge in [0, 0.05) is 18.1 Å². The number of hydrogen-bond acceptors (Lipinski definition) is 6. The molecule has 0 saturated carbocycles. The Balaban J connectivity index is 1.69. The minimum atomic E-state index is -0.509. The summed E-state index contributed by atoms with van der Waals surface area (Å²) >= 11 is 1.19. The first-order chi connectivity index (χ1) is 9.58. The Morgan fingerprint density at radius 1 is 1.55 bits per heavy atom. The quantitative estimate of drug-likeness (QED) is 0.419. The molecule has 0 aromatic carbocycles. The van der Waals surface area contributed by atoms with Crippen molar-refractivity contribution in [1.82, 2.24) is 20.3 Å². The fraction of sp³-hybridized carbons (Fsp3) is 0.455. The highest BCUT2D eigenvalue weighted by atomic mass is 32.1. The van der Waals surface area contributed by atoms with Gasteiger partial charge in [0.1, 0.15) is 5.84 Å². The van der Waals surface area contributed by atoms with Gasteiger partial charge in [-0.25, -0.2) is 14.8 Å². The van der Waals surface area contributed by atoms with Crippen LogP contribution in [0.1, 0.15) is 22.6 Å². The number of nitrogens with one attached hydrogen (secondary N) is 2. The molecule has 2 bridgehead atoms. The number of carbonyl (C=O) groups is 2.